The van der Waals surface area contributed by atoms with Gasteiger partial charge in [0.25, 0.3) is 0 Å². The molecule has 4 nitrogen and oxygen atoms in total. The number of aromatic amines is 1. The van der Waals surface area contributed by atoms with Gasteiger partial charge < -0.3 is 14.6 Å². The SMILES string of the molecule is C=C(C)CN(CC)C(=O)Cc1c[nH]c2ccc(OC)cc12. The zero-order chi connectivity index (χ0) is 15.4. The van der Waals surface area contributed by atoms with Crippen molar-refractivity contribution in [1.29, 1.82) is 0 Å². The lowest BCUT2D eigenvalue weighted by molar-refractivity contribution is -0.129. The van der Waals surface area contributed by atoms with Crippen LogP contribution in [0.4, 0.5) is 0 Å². The van der Waals surface area contributed by atoms with Gasteiger partial charge in [0, 0.05) is 30.2 Å². The van der Waals surface area contributed by atoms with E-state index in [-0.39, 0.29) is 5.91 Å². The van der Waals surface area contributed by atoms with E-state index in [0.717, 1.165) is 27.8 Å². The van der Waals surface area contributed by atoms with Crippen LogP contribution in [-0.4, -0.2) is 36.0 Å². The number of hydrogen-bond acceptors (Lipinski definition) is 2. The number of amides is 1. The number of aromatic nitrogens is 1. The van der Waals surface area contributed by atoms with E-state index >= 15 is 0 Å². The van der Waals surface area contributed by atoms with E-state index in [2.05, 4.69) is 11.6 Å². The molecule has 0 aliphatic rings. The number of benzene rings is 1. The second kappa shape index (κ2) is 6.48. The molecule has 0 aliphatic carbocycles. The lowest BCUT2D eigenvalue weighted by atomic mass is 10.1. The van der Waals surface area contributed by atoms with Gasteiger partial charge in [-0.2, -0.15) is 0 Å². The number of H-pyrrole nitrogens is 1. The third-order valence-electron chi connectivity index (χ3n) is 3.51. The lowest BCUT2D eigenvalue weighted by Crippen LogP contribution is -2.33. The highest BCUT2D eigenvalue weighted by Crippen LogP contribution is 2.24. The Hall–Kier alpha value is -2.23. The fraction of sp³-hybridized carbons (Fsp3) is 0.353. The summed E-state index contributed by atoms with van der Waals surface area (Å²) in [4.78, 5) is 17.4. The van der Waals surface area contributed by atoms with Crippen LogP contribution in [0, 0.1) is 0 Å². The maximum absolute atomic E-state index is 12.4. The van der Waals surface area contributed by atoms with E-state index in [1.54, 1.807) is 7.11 Å². The van der Waals surface area contributed by atoms with Crippen LogP contribution < -0.4 is 4.74 Å². The van der Waals surface area contributed by atoms with Crippen molar-refractivity contribution in [3.8, 4) is 5.75 Å². The number of nitrogens with one attached hydrogen (secondary N) is 1. The minimum absolute atomic E-state index is 0.115. The molecule has 4 heteroatoms. The zero-order valence-electron chi connectivity index (χ0n) is 12.9. The fourth-order valence-corrected chi connectivity index (χ4v) is 2.41. The van der Waals surface area contributed by atoms with Crippen LogP contribution in [0.5, 0.6) is 5.75 Å². The summed E-state index contributed by atoms with van der Waals surface area (Å²) in [6.07, 6.45) is 2.28. The van der Waals surface area contributed by atoms with Crippen molar-refractivity contribution in [3.63, 3.8) is 0 Å². The Balaban J connectivity index is 2.22. The molecule has 2 aromatic rings. The molecule has 2 rings (SSSR count). The largest absolute Gasteiger partial charge is 0.497 e. The van der Waals surface area contributed by atoms with Crippen molar-refractivity contribution >= 4 is 16.8 Å². The number of likely N-dealkylation sites (N-methyl/N-ethyl adjacent to an activating group) is 1. The number of nitrogens with zero attached hydrogens (tertiary/aromatic N) is 1. The molecule has 1 aromatic carbocycles. The molecule has 0 radical (unpaired) electrons. The Morgan fingerprint density at radius 2 is 2.19 bits per heavy atom. The van der Waals surface area contributed by atoms with Gasteiger partial charge >= 0.3 is 0 Å². The average Bonchev–Trinajstić information content (AvgIpc) is 2.86. The van der Waals surface area contributed by atoms with Gasteiger partial charge in [-0.25, -0.2) is 0 Å². The first-order chi connectivity index (χ1) is 10.0. The minimum Gasteiger partial charge on any atom is -0.497 e. The molecule has 1 amide bonds. The Morgan fingerprint density at radius 3 is 2.81 bits per heavy atom. The molecule has 0 spiro atoms. The molecule has 0 aliphatic heterocycles. The number of fused-ring (bicyclic) bond motifs is 1. The number of ether oxygens (including phenoxy) is 1. The fourth-order valence-electron chi connectivity index (χ4n) is 2.41. The van der Waals surface area contributed by atoms with Gasteiger partial charge in [0.05, 0.1) is 13.5 Å². The van der Waals surface area contributed by atoms with Crippen LogP contribution in [0.15, 0.2) is 36.5 Å². The van der Waals surface area contributed by atoms with Crippen LogP contribution in [0.3, 0.4) is 0 Å². The summed E-state index contributed by atoms with van der Waals surface area (Å²) >= 11 is 0. The summed E-state index contributed by atoms with van der Waals surface area (Å²) in [5.41, 5.74) is 3.00. The first-order valence-corrected chi connectivity index (χ1v) is 7.11. The molecular weight excluding hydrogens is 264 g/mol. The van der Waals surface area contributed by atoms with E-state index < -0.39 is 0 Å². The summed E-state index contributed by atoms with van der Waals surface area (Å²) in [5, 5.41) is 1.04. The minimum atomic E-state index is 0.115. The highest BCUT2D eigenvalue weighted by molar-refractivity contribution is 5.89. The van der Waals surface area contributed by atoms with Crippen molar-refractivity contribution in [2.75, 3.05) is 20.2 Å². The summed E-state index contributed by atoms with van der Waals surface area (Å²) in [6.45, 7) is 9.10. The molecule has 112 valence electrons. The molecule has 1 aromatic heterocycles. The Labute approximate surface area is 125 Å². The normalized spacial score (nSPS) is 10.6. The molecule has 21 heavy (non-hydrogen) atoms. The van der Waals surface area contributed by atoms with E-state index in [1.165, 1.54) is 0 Å². The highest BCUT2D eigenvalue weighted by atomic mass is 16.5. The second-order valence-corrected chi connectivity index (χ2v) is 5.27. The number of methoxy groups -OCH3 is 1. The first kappa shape index (κ1) is 15.2. The summed E-state index contributed by atoms with van der Waals surface area (Å²) < 4.78 is 5.25. The number of carbonyl (C=O) groups excluding carboxylic acids is 1. The van der Waals surface area contributed by atoms with E-state index in [4.69, 9.17) is 4.74 Å². The molecule has 0 saturated heterocycles. The highest BCUT2D eigenvalue weighted by Gasteiger charge is 2.15. The van der Waals surface area contributed by atoms with Crippen molar-refractivity contribution in [3.05, 3.63) is 42.1 Å². The Morgan fingerprint density at radius 1 is 1.43 bits per heavy atom. The average molecular weight is 286 g/mol. The van der Waals surface area contributed by atoms with Gasteiger partial charge in [0.15, 0.2) is 0 Å². The van der Waals surface area contributed by atoms with Crippen LogP contribution >= 0.6 is 0 Å². The maximum atomic E-state index is 12.4. The summed E-state index contributed by atoms with van der Waals surface area (Å²) in [7, 11) is 1.64. The molecule has 0 atom stereocenters. The van der Waals surface area contributed by atoms with Crippen molar-refractivity contribution in [2.45, 2.75) is 20.3 Å². The predicted molar refractivity (Wildman–Crippen MR) is 85.6 cm³/mol. The quantitative estimate of drug-likeness (QED) is 0.829. The molecule has 0 saturated carbocycles. The smallest absolute Gasteiger partial charge is 0.227 e. The van der Waals surface area contributed by atoms with Gasteiger partial charge in [-0.05, 0) is 37.6 Å². The lowest BCUT2D eigenvalue weighted by Gasteiger charge is -2.20. The Bertz CT molecular complexity index is 658. The number of hydrogen-bond donors (Lipinski definition) is 1. The molecule has 0 fully saturated rings. The van der Waals surface area contributed by atoms with E-state index in [1.807, 2.05) is 43.1 Å². The van der Waals surface area contributed by atoms with Gasteiger partial charge in [-0.3, -0.25) is 4.79 Å². The van der Waals surface area contributed by atoms with Crippen LogP contribution in [0.25, 0.3) is 10.9 Å². The predicted octanol–water partition coefficient (Wildman–Crippen LogP) is 3.14. The molecule has 0 bridgehead atoms. The van der Waals surface area contributed by atoms with Gasteiger partial charge in [0.1, 0.15) is 5.75 Å². The number of carbonyl (C=O) groups is 1. The summed E-state index contributed by atoms with van der Waals surface area (Å²) in [5.74, 6) is 0.911. The third kappa shape index (κ3) is 3.45. The standard InChI is InChI=1S/C17H22N2O2/c1-5-19(11-12(2)3)17(20)8-13-10-18-16-7-6-14(21-4)9-15(13)16/h6-7,9-10,18H,2,5,8,11H2,1,3-4H3. The molecular formula is C17H22N2O2. The molecule has 1 heterocycles. The third-order valence-corrected chi connectivity index (χ3v) is 3.51. The monoisotopic (exact) mass is 286 g/mol. The van der Waals surface area contributed by atoms with Crippen molar-refractivity contribution in [1.82, 2.24) is 9.88 Å². The maximum Gasteiger partial charge on any atom is 0.227 e. The second-order valence-electron chi connectivity index (χ2n) is 5.27. The topological polar surface area (TPSA) is 45.3 Å². The van der Waals surface area contributed by atoms with Crippen LogP contribution in [-0.2, 0) is 11.2 Å². The van der Waals surface area contributed by atoms with Crippen LogP contribution in [0.2, 0.25) is 0 Å². The van der Waals surface area contributed by atoms with Crippen molar-refractivity contribution < 1.29 is 9.53 Å². The van der Waals surface area contributed by atoms with Gasteiger partial charge in [-0.1, -0.05) is 12.2 Å². The van der Waals surface area contributed by atoms with Gasteiger partial charge in [0.2, 0.25) is 5.91 Å². The van der Waals surface area contributed by atoms with Crippen LogP contribution in [0.1, 0.15) is 19.4 Å². The molecule has 1 N–H and O–H groups in total. The van der Waals surface area contributed by atoms with Gasteiger partial charge in [-0.15, -0.1) is 0 Å². The number of rotatable bonds is 6. The van der Waals surface area contributed by atoms with Crippen molar-refractivity contribution in [2.24, 2.45) is 0 Å². The zero-order valence-corrected chi connectivity index (χ0v) is 12.9. The molecule has 0 unspecified atom stereocenters. The van der Waals surface area contributed by atoms with E-state index in [9.17, 15) is 4.79 Å². The van der Waals surface area contributed by atoms with E-state index in [0.29, 0.717) is 19.5 Å². The first-order valence-electron chi connectivity index (χ1n) is 7.11. The Kier molecular flexibility index (Phi) is 4.68. The summed E-state index contributed by atoms with van der Waals surface area (Å²) in [6, 6.07) is 5.83.